The third-order valence-corrected chi connectivity index (χ3v) is 2.26. The van der Waals surface area contributed by atoms with E-state index in [4.69, 9.17) is 4.74 Å². The SMILES string of the molecule is CNC1=CC(=O)C2=COC=CC2=CC1. The summed E-state index contributed by atoms with van der Waals surface area (Å²) >= 11 is 0. The van der Waals surface area contributed by atoms with Crippen LogP contribution in [0.3, 0.4) is 0 Å². The molecule has 0 amide bonds. The lowest BCUT2D eigenvalue weighted by atomic mass is 10.0. The van der Waals surface area contributed by atoms with Crippen LogP contribution in [0.2, 0.25) is 0 Å². The molecule has 0 bridgehead atoms. The lowest BCUT2D eigenvalue weighted by Gasteiger charge is -2.07. The van der Waals surface area contributed by atoms with Crippen molar-refractivity contribution < 1.29 is 9.53 Å². The first-order chi connectivity index (χ1) is 6.81. The fraction of sp³-hybridized carbons (Fsp3) is 0.182. The van der Waals surface area contributed by atoms with Gasteiger partial charge in [0.2, 0.25) is 0 Å². The van der Waals surface area contributed by atoms with Crippen LogP contribution in [0.15, 0.2) is 47.6 Å². The Kier molecular flexibility index (Phi) is 2.23. The second-order valence-corrected chi connectivity index (χ2v) is 3.12. The van der Waals surface area contributed by atoms with Gasteiger partial charge in [-0.15, -0.1) is 0 Å². The molecule has 1 aliphatic heterocycles. The average Bonchev–Trinajstić information content (AvgIpc) is 2.39. The van der Waals surface area contributed by atoms with Crippen LogP contribution in [0, 0.1) is 0 Å². The van der Waals surface area contributed by atoms with Crippen molar-refractivity contribution in [3.05, 3.63) is 47.6 Å². The van der Waals surface area contributed by atoms with Gasteiger partial charge in [-0.25, -0.2) is 0 Å². The summed E-state index contributed by atoms with van der Waals surface area (Å²) in [5.74, 6) is -0.0116. The molecule has 0 atom stereocenters. The fourth-order valence-electron chi connectivity index (χ4n) is 1.45. The molecule has 0 aromatic rings. The number of allylic oxidation sites excluding steroid dienone is 5. The second-order valence-electron chi connectivity index (χ2n) is 3.12. The molecule has 0 radical (unpaired) electrons. The molecule has 1 aliphatic carbocycles. The fourth-order valence-corrected chi connectivity index (χ4v) is 1.45. The maximum Gasteiger partial charge on any atom is 0.191 e. The van der Waals surface area contributed by atoms with Crippen molar-refractivity contribution in [2.75, 3.05) is 7.05 Å². The highest BCUT2D eigenvalue weighted by Crippen LogP contribution is 2.22. The van der Waals surface area contributed by atoms with E-state index in [2.05, 4.69) is 5.32 Å². The van der Waals surface area contributed by atoms with Crippen LogP contribution < -0.4 is 5.32 Å². The van der Waals surface area contributed by atoms with Gasteiger partial charge in [0.25, 0.3) is 0 Å². The van der Waals surface area contributed by atoms with E-state index in [1.165, 1.54) is 6.26 Å². The van der Waals surface area contributed by atoms with Crippen LogP contribution in [0.4, 0.5) is 0 Å². The van der Waals surface area contributed by atoms with Crippen LogP contribution in [0.25, 0.3) is 0 Å². The van der Waals surface area contributed by atoms with E-state index in [-0.39, 0.29) is 5.78 Å². The van der Waals surface area contributed by atoms with E-state index in [9.17, 15) is 4.79 Å². The first-order valence-corrected chi connectivity index (χ1v) is 4.46. The molecular formula is C11H11NO2. The van der Waals surface area contributed by atoms with E-state index in [0.717, 1.165) is 17.7 Å². The zero-order valence-corrected chi connectivity index (χ0v) is 7.91. The van der Waals surface area contributed by atoms with Gasteiger partial charge in [0.05, 0.1) is 11.8 Å². The smallest absolute Gasteiger partial charge is 0.191 e. The molecule has 72 valence electrons. The predicted molar refractivity (Wildman–Crippen MR) is 53.2 cm³/mol. The molecular weight excluding hydrogens is 178 g/mol. The highest BCUT2D eigenvalue weighted by atomic mass is 16.5. The second kappa shape index (κ2) is 3.54. The third-order valence-electron chi connectivity index (χ3n) is 2.26. The lowest BCUT2D eigenvalue weighted by Crippen LogP contribution is -2.07. The predicted octanol–water partition coefficient (Wildman–Crippen LogP) is 1.42. The van der Waals surface area contributed by atoms with E-state index < -0.39 is 0 Å². The molecule has 0 aromatic carbocycles. The number of hydrogen-bond acceptors (Lipinski definition) is 3. The van der Waals surface area contributed by atoms with Crippen molar-refractivity contribution in [2.24, 2.45) is 0 Å². The van der Waals surface area contributed by atoms with Crippen molar-refractivity contribution in [1.29, 1.82) is 0 Å². The highest BCUT2D eigenvalue weighted by Gasteiger charge is 2.17. The Hall–Kier alpha value is -1.77. The summed E-state index contributed by atoms with van der Waals surface area (Å²) in [4.78, 5) is 11.7. The molecule has 0 saturated heterocycles. The molecule has 1 N–H and O–H groups in total. The summed E-state index contributed by atoms with van der Waals surface area (Å²) in [6.07, 6.45) is 9.24. The number of carbonyl (C=O) groups is 1. The van der Waals surface area contributed by atoms with Crippen LogP contribution in [-0.2, 0) is 9.53 Å². The van der Waals surface area contributed by atoms with Gasteiger partial charge in [-0.1, -0.05) is 6.08 Å². The van der Waals surface area contributed by atoms with E-state index in [0.29, 0.717) is 5.57 Å². The van der Waals surface area contributed by atoms with Gasteiger partial charge in [0, 0.05) is 25.2 Å². The molecule has 2 rings (SSSR count). The standard InChI is InChI=1S/C11H11NO2/c1-12-9-3-2-8-4-5-14-7-10(8)11(13)6-9/h2,4-7,12H,3H2,1H3. The molecule has 0 unspecified atom stereocenters. The van der Waals surface area contributed by atoms with Crippen molar-refractivity contribution in [2.45, 2.75) is 6.42 Å². The average molecular weight is 189 g/mol. The largest absolute Gasteiger partial charge is 0.472 e. The van der Waals surface area contributed by atoms with Gasteiger partial charge >= 0.3 is 0 Å². The Balaban J connectivity index is 2.39. The molecule has 3 nitrogen and oxygen atoms in total. The maximum atomic E-state index is 11.7. The van der Waals surface area contributed by atoms with E-state index in [1.54, 1.807) is 18.4 Å². The van der Waals surface area contributed by atoms with Gasteiger partial charge in [-0.2, -0.15) is 0 Å². The summed E-state index contributed by atoms with van der Waals surface area (Å²) in [5, 5.41) is 2.99. The number of rotatable bonds is 1. The first-order valence-electron chi connectivity index (χ1n) is 4.46. The van der Waals surface area contributed by atoms with Crippen LogP contribution >= 0.6 is 0 Å². The number of ether oxygens (including phenoxy) is 1. The minimum absolute atomic E-state index is 0.0116. The lowest BCUT2D eigenvalue weighted by molar-refractivity contribution is -0.111. The summed E-state index contributed by atoms with van der Waals surface area (Å²) < 4.78 is 4.98. The maximum absolute atomic E-state index is 11.7. The van der Waals surface area contributed by atoms with Gasteiger partial charge < -0.3 is 10.1 Å². The van der Waals surface area contributed by atoms with Crippen LogP contribution in [0.1, 0.15) is 6.42 Å². The summed E-state index contributed by atoms with van der Waals surface area (Å²) in [5.41, 5.74) is 2.48. The van der Waals surface area contributed by atoms with Crippen LogP contribution in [-0.4, -0.2) is 12.8 Å². The summed E-state index contributed by atoms with van der Waals surface area (Å²) in [7, 11) is 1.81. The first kappa shape index (κ1) is 8.81. The van der Waals surface area contributed by atoms with Crippen molar-refractivity contribution in [3.63, 3.8) is 0 Å². The zero-order valence-electron chi connectivity index (χ0n) is 7.91. The van der Waals surface area contributed by atoms with Gasteiger partial charge in [0.1, 0.15) is 6.26 Å². The third kappa shape index (κ3) is 1.48. The van der Waals surface area contributed by atoms with Gasteiger partial charge in [0.15, 0.2) is 5.78 Å². The molecule has 0 saturated carbocycles. The van der Waals surface area contributed by atoms with Crippen molar-refractivity contribution in [1.82, 2.24) is 5.32 Å². The normalized spacial score (nSPS) is 19.8. The molecule has 0 aromatic heterocycles. The minimum atomic E-state index is -0.0116. The molecule has 14 heavy (non-hydrogen) atoms. The van der Waals surface area contributed by atoms with Crippen LogP contribution in [0.5, 0.6) is 0 Å². The molecule has 2 aliphatic rings. The number of nitrogens with one attached hydrogen (secondary N) is 1. The Morgan fingerprint density at radius 1 is 1.50 bits per heavy atom. The Bertz CT molecular complexity index is 386. The van der Waals surface area contributed by atoms with E-state index >= 15 is 0 Å². The topological polar surface area (TPSA) is 38.3 Å². The quantitative estimate of drug-likeness (QED) is 0.678. The molecule has 0 fully saturated rings. The highest BCUT2D eigenvalue weighted by molar-refractivity contribution is 6.08. The van der Waals surface area contributed by atoms with Gasteiger partial charge in [-0.05, 0) is 11.6 Å². The van der Waals surface area contributed by atoms with Crippen molar-refractivity contribution >= 4 is 5.78 Å². The number of fused-ring (bicyclic) bond motifs is 1. The van der Waals surface area contributed by atoms with Gasteiger partial charge in [-0.3, -0.25) is 4.79 Å². The summed E-state index contributed by atoms with van der Waals surface area (Å²) in [6.45, 7) is 0. The Morgan fingerprint density at radius 2 is 2.36 bits per heavy atom. The Morgan fingerprint density at radius 3 is 3.14 bits per heavy atom. The number of carbonyl (C=O) groups excluding carboxylic acids is 1. The number of hydrogen-bond donors (Lipinski definition) is 1. The summed E-state index contributed by atoms with van der Waals surface area (Å²) in [6, 6.07) is 0. The monoisotopic (exact) mass is 189 g/mol. The Labute approximate surface area is 82.4 Å². The molecule has 3 heteroatoms. The number of ketones is 1. The zero-order chi connectivity index (χ0) is 9.97. The molecule has 0 spiro atoms. The minimum Gasteiger partial charge on any atom is -0.472 e. The molecule has 1 heterocycles. The van der Waals surface area contributed by atoms with Crippen molar-refractivity contribution in [3.8, 4) is 0 Å². The van der Waals surface area contributed by atoms with E-state index in [1.807, 2.05) is 13.1 Å².